The number of rotatable bonds is 12. The van der Waals surface area contributed by atoms with Gasteiger partial charge in [-0.1, -0.05) is 90.6 Å². The number of nitrogens with one attached hydrogen (secondary N) is 1. The normalized spacial score (nSPS) is 14.1. The Bertz CT molecular complexity index is 1730. The summed E-state index contributed by atoms with van der Waals surface area (Å²) >= 11 is 15.3. The highest BCUT2D eigenvalue weighted by atomic mass is 127. The van der Waals surface area contributed by atoms with Crippen LogP contribution in [0.1, 0.15) is 36.8 Å². The molecule has 7 nitrogen and oxygen atoms in total. The SMILES string of the molecule is O=C(NC1CCCC1)[C@@H](Cc1ccccc1)N(Cc1c(Cl)cccc1Cl)C(=O)CN(c1ccc(I)cc1)S(=O)(=O)c1ccccc1. The lowest BCUT2D eigenvalue weighted by Crippen LogP contribution is -2.54. The number of sulfonamides is 1. The fourth-order valence-electron chi connectivity index (χ4n) is 5.63. The maximum absolute atomic E-state index is 14.6. The van der Waals surface area contributed by atoms with Crippen molar-refractivity contribution in [2.75, 3.05) is 10.8 Å². The molecule has 0 aromatic heterocycles. The van der Waals surface area contributed by atoms with Crippen molar-refractivity contribution >= 4 is 73.3 Å². The lowest BCUT2D eigenvalue weighted by Gasteiger charge is -2.34. The van der Waals surface area contributed by atoms with Crippen LogP contribution in [0.3, 0.4) is 0 Å². The van der Waals surface area contributed by atoms with Crippen molar-refractivity contribution < 1.29 is 18.0 Å². The van der Waals surface area contributed by atoms with E-state index in [2.05, 4.69) is 27.9 Å². The minimum absolute atomic E-state index is 0.00775. The van der Waals surface area contributed by atoms with E-state index in [0.29, 0.717) is 21.3 Å². The van der Waals surface area contributed by atoms with Crippen molar-refractivity contribution in [1.82, 2.24) is 10.2 Å². The van der Waals surface area contributed by atoms with Crippen molar-refractivity contribution in [2.24, 2.45) is 0 Å². The summed E-state index contributed by atoms with van der Waals surface area (Å²) in [7, 11) is -4.18. The van der Waals surface area contributed by atoms with Crippen molar-refractivity contribution in [3.63, 3.8) is 0 Å². The molecule has 0 saturated heterocycles. The molecule has 0 radical (unpaired) electrons. The van der Waals surface area contributed by atoms with E-state index in [0.717, 1.165) is 39.1 Å². The zero-order chi connectivity index (χ0) is 32.7. The van der Waals surface area contributed by atoms with Gasteiger partial charge in [0.05, 0.1) is 10.6 Å². The second kappa shape index (κ2) is 15.6. The van der Waals surface area contributed by atoms with Crippen molar-refractivity contribution in [1.29, 1.82) is 0 Å². The number of carbonyl (C=O) groups excluding carboxylic acids is 2. The molecule has 1 saturated carbocycles. The average Bonchev–Trinajstić information content (AvgIpc) is 3.57. The van der Waals surface area contributed by atoms with Gasteiger partial charge in [-0.25, -0.2) is 8.42 Å². The van der Waals surface area contributed by atoms with Crippen LogP contribution in [0, 0.1) is 3.57 Å². The third-order valence-electron chi connectivity index (χ3n) is 8.09. The van der Waals surface area contributed by atoms with E-state index < -0.39 is 28.5 Å². The predicted molar refractivity (Wildman–Crippen MR) is 191 cm³/mol. The maximum Gasteiger partial charge on any atom is 0.264 e. The number of anilines is 1. The summed E-state index contributed by atoms with van der Waals surface area (Å²) in [6, 6.07) is 28.4. The zero-order valence-electron chi connectivity index (χ0n) is 25.0. The Kier molecular flexibility index (Phi) is 11.6. The van der Waals surface area contributed by atoms with Gasteiger partial charge in [-0.2, -0.15) is 0 Å². The van der Waals surface area contributed by atoms with Gasteiger partial charge in [0.15, 0.2) is 0 Å². The minimum Gasteiger partial charge on any atom is -0.352 e. The van der Waals surface area contributed by atoms with Gasteiger partial charge in [-0.05, 0) is 89.5 Å². The monoisotopic (exact) mass is 789 g/mol. The van der Waals surface area contributed by atoms with Gasteiger partial charge in [0.25, 0.3) is 10.0 Å². The lowest BCUT2D eigenvalue weighted by molar-refractivity contribution is -0.140. The molecule has 4 aromatic rings. The highest BCUT2D eigenvalue weighted by Gasteiger charge is 2.36. The molecule has 4 aromatic carbocycles. The number of nitrogens with zero attached hydrogens (tertiary/aromatic N) is 2. The molecule has 1 atom stereocenters. The van der Waals surface area contributed by atoms with Gasteiger partial charge in [0, 0.05) is 38.2 Å². The van der Waals surface area contributed by atoms with Gasteiger partial charge in [0.1, 0.15) is 12.6 Å². The van der Waals surface area contributed by atoms with Crippen LogP contribution in [0.4, 0.5) is 5.69 Å². The molecular weight excluding hydrogens is 756 g/mol. The predicted octanol–water partition coefficient (Wildman–Crippen LogP) is 7.49. The third-order valence-corrected chi connectivity index (χ3v) is 11.3. The summed E-state index contributed by atoms with van der Waals surface area (Å²) in [5.74, 6) is -0.879. The number of hydrogen-bond acceptors (Lipinski definition) is 4. The van der Waals surface area contributed by atoms with Crippen LogP contribution < -0.4 is 9.62 Å². The molecule has 1 aliphatic rings. The topological polar surface area (TPSA) is 86.8 Å². The molecule has 5 rings (SSSR count). The van der Waals surface area contributed by atoms with Crippen molar-refractivity contribution in [3.8, 4) is 0 Å². The van der Waals surface area contributed by atoms with Crippen molar-refractivity contribution in [3.05, 3.63) is 128 Å². The standard InChI is InChI=1S/C35H34Cl2IN3O4S/c36-31-16-9-17-32(37)30(31)23-40(33(22-25-10-3-1-4-11-25)35(43)39-27-12-7-8-13-27)34(42)24-41(28-20-18-26(38)19-21-28)46(44,45)29-14-5-2-6-15-29/h1-6,9-11,14-21,27,33H,7-8,12-13,22-24H2,(H,39,43)/t33-/m1/s1. The van der Waals surface area contributed by atoms with Crippen LogP contribution in [-0.2, 0) is 32.6 Å². The summed E-state index contributed by atoms with van der Waals surface area (Å²) in [6.45, 7) is -0.652. The first-order valence-corrected chi connectivity index (χ1v) is 18.3. The molecule has 1 fully saturated rings. The molecule has 11 heteroatoms. The van der Waals surface area contributed by atoms with Crippen LogP contribution in [0.15, 0.2) is 108 Å². The molecule has 0 bridgehead atoms. The molecule has 2 amide bonds. The second-order valence-corrected chi connectivity index (χ2v) is 15.1. The van der Waals surface area contributed by atoms with Gasteiger partial charge in [-0.15, -0.1) is 0 Å². The Labute approximate surface area is 294 Å². The highest BCUT2D eigenvalue weighted by Crippen LogP contribution is 2.29. The van der Waals surface area contributed by atoms with Gasteiger partial charge in [0.2, 0.25) is 11.8 Å². The van der Waals surface area contributed by atoms with Gasteiger partial charge < -0.3 is 10.2 Å². The number of carbonyl (C=O) groups is 2. The Hall–Kier alpha value is -3.12. The van der Waals surface area contributed by atoms with Crippen LogP contribution >= 0.6 is 45.8 Å². The largest absolute Gasteiger partial charge is 0.352 e. The number of benzene rings is 4. The molecule has 0 spiro atoms. The molecule has 0 heterocycles. The smallest absolute Gasteiger partial charge is 0.264 e. The summed E-state index contributed by atoms with van der Waals surface area (Å²) in [6.07, 6.45) is 3.99. The van der Waals surface area contributed by atoms with E-state index >= 15 is 0 Å². The highest BCUT2D eigenvalue weighted by molar-refractivity contribution is 14.1. The lowest BCUT2D eigenvalue weighted by atomic mass is 10.0. The van der Waals surface area contributed by atoms with E-state index in [1.165, 1.54) is 17.0 Å². The summed E-state index contributed by atoms with van der Waals surface area (Å²) < 4.78 is 30.2. The summed E-state index contributed by atoms with van der Waals surface area (Å²) in [5.41, 5.74) is 1.64. The Balaban J connectivity index is 1.58. The zero-order valence-corrected chi connectivity index (χ0v) is 29.5. The molecular formula is C35H34Cl2IN3O4S. The quantitative estimate of drug-likeness (QED) is 0.151. The number of halogens is 3. The average molecular weight is 791 g/mol. The minimum atomic E-state index is -4.18. The fourth-order valence-corrected chi connectivity index (χ4v) is 7.94. The maximum atomic E-state index is 14.6. The van der Waals surface area contributed by atoms with Gasteiger partial charge in [-0.3, -0.25) is 13.9 Å². The number of hydrogen-bond donors (Lipinski definition) is 1. The third kappa shape index (κ3) is 8.42. The van der Waals surface area contributed by atoms with Crippen molar-refractivity contribution in [2.45, 2.75) is 55.6 Å². The van der Waals surface area contributed by atoms with Crippen LogP contribution in [0.25, 0.3) is 0 Å². The van der Waals surface area contributed by atoms with Gasteiger partial charge >= 0.3 is 0 Å². The molecule has 240 valence electrons. The van der Waals surface area contributed by atoms with Crippen LogP contribution in [0.5, 0.6) is 0 Å². The summed E-state index contributed by atoms with van der Waals surface area (Å²) in [5, 5.41) is 3.84. The van der Waals surface area contributed by atoms with Crippen LogP contribution in [-0.4, -0.2) is 43.8 Å². The Morgan fingerprint density at radius 2 is 1.41 bits per heavy atom. The fraction of sp³-hybridized carbons (Fsp3) is 0.257. The second-order valence-electron chi connectivity index (χ2n) is 11.2. The van der Waals surface area contributed by atoms with E-state index in [4.69, 9.17) is 23.2 Å². The Morgan fingerprint density at radius 3 is 2.02 bits per heavy atom. The molecule has 1 aliphatic carbocycles. The number of amides is 2. The molecule has 46 heavy (non-hydrogen) atoms. The van der Waals surface area contributed by atoms with E-state index in [9.17, 15) is 18.0 Å². The molecule has 0 aliphatic heterocycles. The van der Waals surface area contributed by atoms with E-state index in [1.807, 2.05) is 30.3 Å². The first-order valence-electron chi connectivity index (χ1n) is 15.0. The van der Waals surface area contributed by atoms with E-state index in [1.54, 1.807) is 60.7 Å². The first-order chi connectivity index (χ1) is 22.1. The van der Waals surface area contributed by atoms with Crippen LogP contribution in [0.2, 0.25) is 10.0 Å². The van der Waals surface area contributed by atoms with E-state index in [-0.39, 0.29) is 29.8 Å². The first kappa shape index (κ1) is 34.2. The summed E-state index contributed by atoms with van der Waals surface area (Å²) in [4.78, 5) is 30.2. The molecule has 1 N–H and O–H groups in total. The molecule has 0 unspecified atom stereocenters. The Morgan fingerprint density at radius 1 is 0.826 bits per heavy atom.